The first-order chi connectivity index (χ1) is 11.1. The Morgan fingerprint density at radius 1 is 1.22 bits per heavy atom. The quantitative estimate of drug-likeness (QED) is 0.551. The fourth-order valence-electron chi connectivity index (χ4n) is 1.95. The topological polar surface area (TPSA) is 37.0 Å². The highest BCUT2D eigenvalue weighted by molar-refractivity contribution is 7.98. The normalized spacial score (nSPS) is 10.3. The molecule has 0 saturated heterocycles. The number of rotatable bonds is 7. The van der Waals surface area contributed by atoms with E-state index in [1.165, 1.54) is 5.56 Å². The summed E-state index contributed by atoms with van der Waals surface area (Å²) in [4.78, 5) is 4.36. The first-order valence-corrected chi connectivity index (χ1v) is 9.39. The van der Waals surface area contributed by atoms with Gasteiger partial charge >= 0.3 is 0 Å². The molecule has 0 spiro atoms. The number of hydrogen-bond acceptors (Lipinski definition) is 3. The van der Waals surface area contributed by atoms with E-state index < -0.39 is 0 Å². The van der Waals surface area contributed by atoms with Crippen molar-refractivity contribution in [1.29, 1.82) is 0 Å². The second kappa shape index (κ2) is 9.75. The van der Waals surface area contributed by atoms with E-state index in [1.54, 1.807) is 0 Å². The molecule has 2 aromatic rings. The van der Waals surface area contributed by atoms with Gasteiger partial charge in [-0.3, -0.25) is 0 Å². The van der Waals surface area contributed by atoms with Crippen LogP contribution in [0.1, 0.15) is 17.7 Å². The molecular weight excluding hydrogens is 346 g/mol. The fraction of sp³-hybridized carbons (Fsp3) is 0.294. The molecule has 1 aromatic carbocycles. The number of hydrogen-bond donors (Lipinski definition) is 2. The standard InChI is InChI=1S/C17H20ClN3S2/c1-13-6-4-9-16(20-13)21-17(22)19-10-5-11-23-12-14-7-2-3-8-15(14)18/h2-4,6-9H,5,10-12H2,1H3,(H2,19,20,21,22). The first kappa shape index (κ1) is 18.0. The van der Waals surface area contributed by atoms with E-state index in [9.17, 15) is 0 Å². The number of thioether (sulfide) groups is 1. The van der Waals surface area contributed by atoms with E-state index in [4.69, 9.17) is 23.8 Å². The summed E-state index contributed by atoms with van der Waals surface area (Å²) in [7, 11) is 0. The zero-order chi connectivity index (χ0) is 16.5. The second-order valence-electron chi connectivity index (χ2n) is 5.04. The minimum absolute atomic E-state index is 0.610. The van der Waals surface area contributed by atoms with Crippen molar-refractivity contribution in [2.24, 2.45) is 0 Å². The molecule has 0 radical (unpaired) electrons. The van der Waals surface area contributed by atoms with Crippen molar-refractivity contribution in [3.63, 3.8) is 0 Å². The van der Waals surface area contributed by atoms with Crippen LogP contribution in [0.25, 0.3) is 0 Å². The van der Waals surface area contributed by atoms with Gasteiger partial charge in [0.15, 0.2) is 5.11 Å². The molecule has 0 bridgehead atoms. The Kier molecular flexibility index (Phi) is 7.65. The Bertz CT molecular complexity index is 649. The van der Waals surface area contributed by atoms with Gasteiger partial charge in [0.2, 0.25) is 0 Å². The number of aromatic nitrogens is 1. The second-order valence-corrected chi connectivity index (χ2v) is 6.96. The maximum atomic E-state index is 6.14. The van der Waals surface area contributed by atoms with Crippen LogP contribution in [-0.4, -0.2) is 22.4 Å². The third-order valence-electron chi connectivity index (χ3n) is 3.10. The molecule has 23 heavy (non-hydrogen) atoms. The van der Waals surface area contributed by atoms with Crippen LogP contribution in [0.5, 0.6) is 0 Å². The third kappa shape index (κ3) is 6.77. The Morgan fingerprint density at radius 2 is 2.04 bits per heavy atom. The summed E-state index contributed by atoms with van der Waals surface area (Å²) >= 11 is 13.3. The molecule has 1 aromatic heterocycles. The summed E-state index contributed by atoms with van der Waals surface area (Å²) < 4.78 is 0. The van der Waals surface area contributed by atoms with E-state index in [0.717, 1.165) is 41.0 Å². The lowest BCUT2D eigenvalue weighted by Crippen LogP contribution is -2.29. The number of halogens is 1. The molecule has 0 amide bonds. The lowest BCUT2D eigenvalue weighted by molar-refractivity contribution is 0.854. The lowest BCUT2D eigenvalue weighted by Gasteiger charge is -2.10. The molecule has 2 rings (SSSR count). The van der Waals surface area contributed by atoms with Gasteiger partial charge in [-0.2, -0.15) is 11.8 Å². The summed E-state index contributed by atoms with van der Waals surface area (Å²) in [5.74, 6) is 2.77. The highest BCUT2D eigenvalue weighted by Gasteiger charge is 2.00. The van der Waals surface area contributed by atoms with Gasteiger partial charge in [-0.15, -0.1) is 0 Å². The van der Waals surface area contributed by atoms with Crippen LogP contribution < -0.4 is 10.6 Å². The summed E-state index contributed by atoms with van der Waals surface area (Å²) in [5, 5.41) is 7.75. The summed E-state index contributed by atoms with van der Waals surface area (Å²) in [5.41, 5.74) is 2.16. The molecule has 0 atom stereocenters. The molecule has 2 N–H and O–H groups in total. The van der Waals surface area contributed by atoms with Gasteiger partial charge in [0.05, 0.1) is 0 Å². The van der Waals surface area contributed by atoms with Crippen LogP contribution >= 0.6 is 35.6 Å². The number of pyridine rings is 1. The summed E-state index contributed by atoms with van der Waals surface area (Å²) in [6.07, 6.45) is 1.04. The summed E-state index contributed by atoms with van der Waals surface area (Å²) in [6.45, 7) is 2.80. The molecule has 6 heteroatoms. The van der Waals surface area contributed by atoms with Crippen molar-refractivity contribution in [1.82, 2.24) is 10.3 Å². The SMILES string of the molecule is Cc1cccc(NC(=S)NCCCSCc2ccccc2Cl)n1. The predicted octanol–water partition coefficient (Wildman–Crippen LogP) is 4.65. The van der Waals surface area contributed by atoms with E-state index in [1.807, 2.05) is 55.1 Å². The van der Waals surface area contributed by atoms with Crippen molar-refractivity contribution < 1.29 is 0 Å². The van der Waals surface area contributed by atoms with Gasteiger partial charge in [0.25, 0.3) is 0 Å². The monoisotopic (exact) mass is 365 g/mol. The third-order valence-corrected chi connectivity index (χ3v) is 4.80. The molecular formula is C17H20ClN3S2. The predicted molar refractivity (Wildman–Crippen MR) is 105 cm³/mol. The molecule has 3 nitrogen and oxygen atoms in total. The zero-order valence-corrected chi connectivity index (χ0v) is 15.4. The van der Waals surface area contributed by atoms with Crippen molar-refractivity contribution in [2.45, 2.75) is 19.1 Å². The Morgan fingerprint density at radius 3 is 2.83 bits per heavy atom. The lowest BCUT2D eigenvalue weighted by atomic mass is 10.2. The maximum absolute atomic E-state index is 6.14. The van der Waals surface area contributed by atoms with Crippen LogP contribution in [0.2, 0.25) is 5.02 Å². The molecule has 0 aliphatic heterocycles. The van der Waals surface area contributed by atoms with Gasteiger partial charge in [0, 0.05) is 23.0 Å². The van der Waals surface area contributed by atoms with Crippen LogP contribution in [0.3, 0.4) is 0 Å². The minimum Gasteiger partial charge on any atom is -0.362 e. The Balaban J connectivity index is 1.58. The largest absolute Gasteiger partial charge is 0.362 e. The minimum atomic E-state index is 0.610. The zero-order valence-electron chi connectivity index (χ0n) is 13.0. The summed E-state index contributed by atoms with van der Waals surface area (Å²) in [6, 6.07) is 13.8. The number of nitrogens with one attached hydrogen (secondary N) is 2. The van der Waals surface area contributed by atoms with Crippen molar-refractivity contribution in [2.75, 3.05) is 17.6 Å². The molecule has 1 heterocycles. The van der Waals surface area contributed by atoms with Gasteiger partial charge in [0.1, 0.15) is 5.82 Å². The van der Waals surface area contributed by atoms with Gasteiger partial charge in [-0.05, 0) is 55.1 Å². The van der Waals surface area contributed by atoms with E-state index >= 15 is 0 Å². The van der Waals surface area contributed by atoms with Crippen LogP contribution in [0, 0.1) is 6.92 Å². The van der Waals surface area contributed by atoms with Crippen LogP contribution in [-0.2, 0) is 5.75 Å². The molecule has 0 aliphatic rings. The maximum Gasteiger partial charge on any atom is 0.171 e. The first-order valence-electron chi connectivity index (χ1n) is 7.45. The number of anilines is 1. The molecule has 0 saturated carbocycles. The Labute approximate surface area is 152 Å². The fourth-order valence-corrected chi connectivity index (χ4v) is 3.40. The van der Waals surface area contributed by atoms with Crippen LogP contribution in [0.15, 0.2) is 42.5 Å². The number of benzene rings is 1. The van der Waals surface area contributed by atoms with Gasteiger partial charge < -0.3 is 10.6 Å². The highest BCUT2D eigenvalue weighted by atomic mass is 35.5. The molecule has 0 fully saturated rings. The van der Waals surface area contributed by atoms with E-state index in [-0.39, 0.29) is 0 Å². The highest BCUT2D eigenvalue weighted by Crippen LogP contribution is 2.20. The molecule has 0 unspecified atom stereocenters. The average Bonchev–Trinajstić information content (AvgIpc) is 2.52. The smallest absolute Gasteiger partial charge is 0.171 e. The number of thiocarbonyl (C=S) groups is 1. The van der Waals surface area contributed by atoms with Crippen LogP contribution in [0.4, 0.5) is 5.82 Å². The van der Waals surface area contributed by atoms with Crippen molar-refractivity contribution in [3.05, 3.63) is 58.7 Å². The van der Waals surface area contributed by atoms with Gasteiger partial charge in [-0.1, -0.05) is 35.9 Å². The Hall–Kier alpha value is -1.30. The number of aryl methyl sites for hydroxylation is 1. The molecule has 0 aliphatic carbocycles. The molecule has 122 valence electrons. The van der Waals surface area contributed by atoms with E-state index in [2.05, 4.69) is 21.7 Å². The van der Waals surface area contributed by atoms with Crippen molar-refractivity contribution >= 4 is 46.5 Å². The van der Waals surface area contributed by atoms with Crippen molar-refractivity contribution in [3.8, 4) is 0 Å². The van der Waals surface area contributed by atoms with Gasteiger partial charge in [-0.25, -0.2) is 4.98 Å². The average molecular weight is 366 g/mol. The van der Waals surface area contributed by atoms with E-state index in [0.29, 0.717) is 5.11 Å². The number of nitrogens with zero attached hydrogens (tertiary/aromatic N) is 1.